The van der Waals surface area contributed by atoms with E-state index in [1.54, 1.807) is 0 Å². The lowest BCUT2D eigenvalue weighted by Crippen LogP contribution is -2.21. The van der Waals surface area contributed by atoms with Crippen LogP contribution in [0.2, 0.25) is 0 Å². The zero-order valence-corrected chi connectivity index (χ0v) is 15.3. The van der Waals surface area contributed by atoms with Gasteiger partial charge in [0.25, 0.3) is 5.82 Å². The SMILES string of the molecule is Cc1ccc(-c2nnc(Sc3nnc(C(F)(F)F)n3N)c3ccccc23)cc1. The van der Waals surface area contributed by atoms with Crippen molar-refractivity contribution < 1.29 is 13.2 Å². The van der Waals surface area contributed by atoms with Crippen LogP contribution >= 0.6 is 11.8 Å². The minimum absolute atomic E-state index is 0.130. The van der Waals surface area contributed by atoms with Gasteiger partial charge in [-0.05, 0) is 18.7 Å². The summed E-state index contributed by atoms with van der Waals surface area (Å²) in [5.41, 5.74) is 2.70. The van der Waals surface area contributed by atoms with E-state index in [1.165, 1.54) is 0 Å². The summed E-state index contributed by atoms with van der Waals surface area (Å²) >= 11 is 0.878. The monoisotopic (exact) mass is 402 g/mol. The highest BCUT2D eigenvalue weighted by Crippen LogP contribution is 2.35. The standard InChI is InChI=1S/C18H13F3N6S/c1-10-6-8-11(9-7-10)14-12-4-2-3-5-13(12)15(24-23-14)28-17-26-25-16(27(17)22)18(19,20)21/h2-9H,22H2,1H3. The van der Waals surface area contributed by atoms with E-state index in [-0.39, 0.29) is 5.16 Å². The van der Waals surface area contributed by atoms with Crippen molar-refractivity contribution in [3.05, 3.63) is 59.9 Å². The zero-order chi connectivity index (χ0) is 19.9. The molecule has 2 aromatic heterocycles. The number of halogens is 3. The van der Waals surface area contributed by atoms with E-state index in [1.807, 2.05) is 55.5 Å². The van der Waals surface area contributed by atoms with Crippen LogP contribution in [0, 0.1) is 6.92 Å². The summed E-state index contributed by atoms with van der Waals surface area (Å²) in [6.45, 7) is 1.99. The Morgan fingerprint density at radius 2 is 1.57 bits per heavy atom. The topological polar surface area (TPSA) is 82.5 Å². The van der Waals surface area contributed by atoms with Crippen molar-refractivity contribution in [2.45, 2.75) is 23.3 Å². The first-order valence-corrected chi connectivity index (χ1v) is 8.94. The molecule has 0 saturated heterocycles. The van der Waals surface area contributed by atoms with E-state index < -0.39 is 12.0 Å². The summed E-state index contributed by atoms with van der Waals surface area (Å²) in [6.07, 6.45) is -4.69. The van der Waals surface area contributed by atoms with Crippen LogP contribution in [0.1, 0.15) is 11.4 Å². The molecule has 28 heavy (non-hydrogen) atoms. The predicted octanol–water partition coefficient (Wildman–Crippen LogP) is 4.08. The molecule has 0 fully saturated rings. The molecule has 0 radical (unpaired) electrons. The quantitative estimate of drug-likeness (QED) is 0.520. The van der Waals surface area contributed by atoms with Crippen molar-refractivity contribution in [2.24, 2.45) is 0 Å². The number of aryl methyl sites for hydroxylation is 1. The first-order chi connectivity index (χ1) is 13.3. The molecule has 0 unspecified atom stereocenters. The van der Waals surface area contributed by atoms with E-state index in [2.05, 4.69) is 20.4 Å². The van der Waals surface area contributed by atoms with Crippen molar-refractivity contribution in [3.8, 4) is 11.3 Å². The lowest BCUT2D eigenvalue weighted by atomic mass is 10.0. The number of aromatic nitrogens is 5. The van der Waals surface area contributed by atoms with E-state index in [9.17, 15) is 13.2 Å². The van der Waals surface area contributed by atoms with Crippen LogP contribution < -0.4 is 5.84 Å². The third kappa shape index (κ3) is 3.26. The van der Waals surface area contributed by atoms with Gasteiger partial charge >= 0.3 is 6.18 Å². The van der Waals surface area contributed by atoms with Gasteiger partial charge in [0.2, 0.25) is 5.16 Å². The molecule has 0 spiro atoms. The smallest absolute Gasteiger partial charge is 0.335 e. The Morgan fingerprint density at radius 1 is 0.893 bits per heavy atom. The Hall–Kier alpha value is -3.14. The molecule has 0 saturated carbocycles. The van der Waals surface area contributed by atoms with Crippen LogP contribution in [0.4, 0.5) is 13.2 Å². The molecule has 2 N–H and O–H groups in total. The number of nitrogens with zero attached hydrogens (tertiary/aromatic N) is 5. The largest absolute Gasteiger partial charge is 0.453 e. The number of fused-ring (bicyclic) bond motifs is 1. The fraction of sp³-hybridized carbons (Fsp3) is 0.111. The molecule has 2 heterocycles. The van der Waals surface area contributed by atoms with Gasteiger partial charge in [0.15, 0.2) is 0 Å². The van der Waals surface area contributed by atoms with Crippen molar-refractivity contribution in [1.29, 1.82) is 0 Å². The molecule has 10 heteroatoms. The molecule has 2 aromatic carbocycles. The van der Waals surface area contributed by atoms with Crippen LogP contribution in [-0.2, 0) is 6.18 Å². The van der Waals surface area contributed by atoms with Crippen molar-refractivity contribution in [2.75, 3.05) is 5.84 Å². The number of hydrogen-bond acceptors (Lipinski definition) is 6. The Bertz CT molecular complexity index is 1150. The minimum atomic E-state index is -4.69. The van der Waals surface area contributed by atoms with Gasteiger partial charge in [0.1, 0.15) is 10.7 Å². The molecule has 0 atom stereocenters. The second kappa shape index (κ2) is 6.79. The highest BCUT2D eigenvalue weighted by Gasteiger charge is 2.38. The summed E-state index contributed by atoms with van der Waals surface area (Å²) in [5.74, 6) is 4.24. The lowest BCUT2D eigenvalue weighted by molar-refractivity contribution is -0.146. The van der Waals surface area contributed by atoms with Crippen molar-refractivity contribution in [1.82, 2.24) is 25.1 Å². The van der Waals surface area contributed by atoms with Crippen LogP contribution in [0.25, 0.3) is 22.0 Å². The average molecular weight is 402 g/mol. The molecule has 6 nitrogen and oxygen atoms in total. The van der Waals surface area contributed by atoms with Crippen LogP contribution in [0.5, 0.6) is 0 Å². The molecular weight excluding hydrogens is 389 g/mol. The van der Waals surface area contributed by atoms with Gasteiger partial charge in [-0.2, -0.15) is 13.2 Å². The maximum Gasteiger partial charge on any atom is 0.453 e. The fourth-order valence-electron chi connectivity index (χ4n) is 2.71. The summed E-state index contributed by atoms with van der Waals surface area (Å²) in [7, 11) is 0. The molecule has 0 aliphatic rings. The van der Waals surface area contributed by atoms with Gasteiger partial charge in [-0.25, -0.2) is 4.68 Å². The maximum atomic E-state index is 12.9. The van der Waals surface area contributed by atoms with E-state index in [0.717, 1.165) is 33.7 Å². The summed E-state index contributed by atoms with van der Waals surface area (Å²) in [4.78, 5) is 0. The predicted molar refractivity (Wildman–Crippen MR) is 99.0 cm³/mol. The number of hydrogen-bond donors (Lipinski definition) is 1. The van der Waals surface area contributed by atoms with Crippen LogP contribution in [-0.4, -0.2) is 25.1 Å². The zero-order valence-electron chi connectivity index (χ0n) is 14.5. The summed E-state index contributed by atoms with van der Waals surface area (Å²) in [6, 6.07) is 15.2. The number of nitrogens with two attached hydrogens (primary N) is 1. The van der Waals surface area contributed by atoms with E-state index >= 15 is 0 Å². The van der Waals surface area contributed by atoms with E-state index in [4.69, 9.17) is 5.84 Å². The fourth-order valence-corrected chi connectivity index (χ4v) is 3.51. The first kappa shape index (κ1) is 18.2. The van der Waals surface area contributed by atoms with Gasteiger partial charge in [-0.3, -0.25) is 0 Å². The van der Waals surface area contributed by atoms with Crippen LogP contribution in [0.15, 0.2) is 58.7 Å². The number of nitrogen functional groups attached to an aromatic ring is 1. The third-order valence-corrected chi connectivity index (χ3v) is 5.04. The highest BCUT2D eigenvalue weighted by atomic mass is 32.2. The van der Waals surface area contributed by atoms with Crippen molar-refractivity contribution >= 4 is 22.5 Å². The summed E-state index contributed by atoms with van der Waals surface area (Å²) < 4.78 is 39.1. The van der Waals surface area contributed by atoms with Gasteiger partial charge in [-0.15, -0.1) is 20.4 Å². The number of benzene rings is 2. The molecule has 142 valence electrons. The maximum absolute atomic E-state index is 12.9. The second-order valence-corrected chi connectivity index (χ2v) is 7.00. The summed E-state index contributed by atoms with van der Waals surface area (Å²) in [5, 5.41) is 17.0. The molecule has 4 aromatic rings. The van der Waals surface area contributed by atoms with Gasteiger partial charge in [0.05, 0.1) is 0 Å². The van der Waals surface area contributed by atoms with Crippen molar-refractivity contribution in [3.63, 3.8) is 0 Å². The number of rotatable bonds is 3. The Kier molecular flexibility index (Phi) is 4.42. The second-order valence-electron chi connectivity index (χ2n) is 6.04. The highest BCUT2D eigenvalue weighted by molar-refractivity contribution is 7.99. The third-order valence-electron chi connectivity index (χ3n) is 4.08. The first-order valence-electron chi connectivity index (χ1n) is 8.12. The van der Waals surface area contributed by atoms with Crippen LogP contribution in [0.3, 0.4) is 0 Å². The molecule has 4 rings (SSSR count). The van der Waals surface area contributed by atoms with Gasteiger partial charge in [0, 0.05) is 16.3 Å². The normalized spacial score (nSPS) is 11.9. The Morgan fingerprint density at radius 3 is 2.21 bits per heavy atom. The van der Waals surface area contributed by atoms with Gasteiger partial charge in [-0.1, -0.05) is 54.1 Å². The molecule has 0 aliphatic carbocycles. The molecule has 0 bridgehead atoms. The van der Waals surface area contributed by atoms with Gasteiger partial charge < -0.3 is 5.84 Å². The Labute approximate surface area is 161 Å². The van der Waals surface area contributed by atoms with E-state index in [0.29, 0.717) is 15.4 Å². The minimum Gasteiger partial charge on any atom is -0.335 e. The molecular formula is C18H13F3N6S. The number of alkyl halides is 3. The average Bonchev–Trinajstić information content (AvgIpc) is 3.04. The molecule has 0 aliphatic heterocycles. The molecule has 0 amide bonds. The lowest BCUT2D eigenvalue weighted by Gasteiger charge is -2.09. The Balaban J connectivity index is 1.79.